The van der Waals surface area contributed by atoms with Crippen molar-refractivity contribution in [1.29, 1.82) is 0 Å². The molecule has 19 heteroatoms. The summed E-state index contributed by atoms with van der Waals surface area (Å²) < 4.78 is 27.8. The molecule has 184 valence electrons. The number of aromatic nitrogens is 2. The third-order valence-electron chi connectivity index (χ3n) is 4.40. The fourth-order valence-electron chi connectivity index (χ4n) is 2.95. The van der Waals surface area contributed by atoms with Gasteiger partial charge in [-0.15, -0.1) is 0 Å². The molecule has 2 heterocycles. The van der Waals surface area contributed by atoms with E-state index in [9.17, 15) is 38.5 Å². The molecular weight excluding hydrogens is 512 g/mol. The lowest BCUT2D eigenvalue weighted by Crippen LogP contribution is -2.50. The van der Waals surface area contributed by atoms with Gasteiger partial charge in [-0.1, -0.05) is 0 Å². The summed E-state index contributed by atoms with van der Waals surface area (Å²) in [6.45, 7) is 0. The minimum atomic E-state index is -5.26. The molecule has 1 aromatic heterocycles. The van der Waals surface area contributed by atoms with Gasteiger partial charge in [-0.2, -0.15) is 0 Å². The molecule has 16 nitrogen and oxygen atoms in total. The Morgan fingerprint density at radius 2 is 2.00 bits per heavy atom. The van der Waals surface area contributed by atoms with Crippen LogP contribution in [0.25, 0.3) is 0 Å². The molecule has 1 fully saturated rings. The zero-order chi connectivity index (χ0) is 25.1. The van der Waals surface area contributed by atoms with Gasteiger partial charge in [-0.05, 0) is 11.8 Å². The van der Waals surface area contributed by atoms with Gasteiger partial charge in [-0.25, -0.2) is 9.59 Å². The molecule has 1 aliphatic heterocycles. The predicted octanol–water partition coefficient (Wildman–Crippen LogP) is -3.00. The van der Waals surface area contributed by atoms with Gasteiger partial charge in [0.25, 0.3) is 11.5 Å². The molecule has 0 radical (unpaired) electrons. The van der Waals surface area contributed by atoms with Crippen LogP contribution in [0.3, 0.4) is 0 Å². The first kappa shape index (κ1) is 27.2. The lowest BCUT2D eigenvalue weighted by molar-refractivity contribution is -0.147. The number of hydrogen-bond donors (Lipinski definition) is 6. The first-order chi connectivity index (χ1) is 15.3. The highest BCUT2D eigenvalue weighted by atomic mass is 32.4. The monoisotopic (exact) mass is 531 g/mol. The van der Waals surface area contributed by atoms with E-state index in [1.165, 1.54) is 0 Å². The average Bonchev–Trinajstić information content (AvgIpc) is 3.03. The Hall–Kier alpha value is -2.07. The van der Waals surface area contributed by atoms with Gasteiger partial charge in [0.15, 0.2) is 19.5 Å². The first-order valence-electron chi connectivity index (χ1n) is 8.77. The van der Waals surface area contributed by atoms with E-state index in [0.717, 1.165) is 23.9 Å². The molecule has 1 saturated heterocycles. The van der Waals surface area contributed by atoms with Crippen LogP contribution in [0, 0.1) is 0 Å². The van der Waals surface area contributed by atoms with Crippen molar-refractivity contribution in [3.63, 3.8) is 0 Å². The first-order valence-corrected chi connectivity index (χ1v) is 12.9. The normalized spacial score (nSPS) is 24.7. The van der Waals surface area contributed by atoms with E-state index in [2.05, 4.69) is 11.8 Å². The van der Waals surface area contributed by atoms with Crippen LogP contribution in [0.15, 0.2) is 21.9 Å². The number of ether oxygens (including phenoxy) is 2. The number of carboxylic acids is 1. The number of carboxylic acid groups (broad SMARTS) is 1. The number of carbonyl (C=O) groups excluding carboxylic acids is 2. The molecule has 1 amide bonds. The number of rotatable bonds is 10. The maximum Gasteiger partial charge on any atom is 0.391 e. The highest BCUT2D eigenvalue weighted by molar-refractivity contribution is 8.00. The Labute approximate surface area is 189 Å². The van der Waals surface area contributed by atoms with Crippen molar-refractivity contribution in [3.05, 3.63) is 33.1 Å². The van der Waals surface area contributed by atoms with E-state index >= 15 is 0 Å². The number of H-pyrrole nitrogens is 1. The molecule has 0 saturated carbocycles. The van der Waals surface area contributed by atoms with Crippen molar-refractivity contribution in [1.82, 2.24) is 14.9 Å². The van der Waals surface area contributed by atoms with E-state index in [0.29, 0.717) is 0 Å². The number of methoxy groups -OCH3 is 1. The topological polar surface area (TPSA) is 244 Å². The van der Waals surface area contributed by atoms with Gasteiger partial charge in [-0.3, -0.25) is 28.5 Å². The fraction of sp³-hybridized carbons (Fsp3) is 0.500. The lowest BCUT2D eigenvalue weighted by Gasteiger charge is -2.23. The van der Waals surface area contributed by atoms with E-state index in [1.54, 1.807) is 0 Å². The summed E-state index contributed by atoms with van der Waals surface area (Å²) in [6, 6.07) is -1.08. The largest absolute Gasteiger partial charge is 0.480 e. The molecule has 3 unspecified atom stereocenters. The fourth-order valence-corrected chi connectivity index (χ4v) is 4.19. The van der Waals surface area contributed by atoms with Crippen molar-refractivity contribution in [2.24, 2.45) is 0 Å². The molecule has 1 aliphatic rings. The number of carbonyl (C=O) groups is 3. The molecule has 0 aromatic carbocycles. The van der Waals surface area contributed by atoms with E-state index < -0.39 is 80.4 Å². The summed E-state index contributed by atoms with van der Waals surface area (Å²) in [6.07, 6.45) is -6.10. The molecule has 6 atom stereocenters. The number of nitrogens with one attached hydrogen (secondary N) is 2. The molecule has 0 bridgehead atoms. The molecule has 2 rings (SSSR count). The summed E-state index contributed by atoms with van der Waals surface area (Å²) in [5.41, 5.74) is -3.40. The highest BCUT2D eigenvalue weighted by Crippen LogP contribution is 2.38. The van der Waals surface area contributed by atoms with Crippen molar-refractivity contribution in [2.75, 3.05) is 7.11 Å². The number of hydrogen-bond acceptors (Lipinski definition) is 10. The average molecular weight is 531 g/mol. The molecule has 0 aliphatic carbocycles. The summed E-state index contributed by atoms with van der Waals surface area (Å²) in [5.74, 6) is -3.02. The molecule has 1 aromatic rings. The van der Waals surface area contributed by atoms with Gasteiger partial charge in [0.2, 0.25) is 5.52 Å². The minimum Gasteiger partial charge on any atom is -0.480 e. The highest BCUT2D eigenvalue weighted by Gasteiger charge is 2.51. The number of aromatic amines is 1. The predicted molar refractivity (Wildman–Crippen MR) is 110 cm³/mol. The quantitative estimate of drug-likeness (QED) is 0.165. The summed E-state index contributed by atoms with van der Waals surface area (Å²) in [5, 5.41) is 11.1. The maximum absolute atomic E-state index is 12.8. The SMILES string of the molecule is COC1C(O[PH](O)=S)[C@@H](C(=O)N[C@H](CC(=O)P(=O)(O)O)C(=O)O)O[C@H]1n1ccc(=O)[nH]c1=O. The third kappa shape index (κ3) is 6.72. The number of nitrogens with zero attached hydrogens (tertiary/aromatic N) is 1. The van der Waals surface area contributed by atoms with Crippen LogP contribution in [-0.2, 0) is 44.8 Å². The van der Waals surface area contributed by atoms with Crippen LogP contribution in [0.4, 0.5) is 0 Å². The van der Waals surface area contributed by atoms with Gasteiger partial charge in [0.05, 0.1) is 0 Å². The van der Waals surface area contributed by atoms with Crippen LogP contribution in [0.5, 0.6) is 0 Å². The van der Waals surface area contributed by atoms with Gasteiger partial charge < -0.3 is 39.1 Å². The summed E-state index contributed by atoms with van der Waals surface area (Å²) >= 11 is 4.63. The van der Waals surface area contributed by atoms with Crippen LogP contribution in [-0.4, -0.2) is 78.2 Å². The Morgan fingerprint density at radius 3 is 2.48 bits per heavy atom. The molecular formula is C14H19N3O13P2S. The molecule has 33 heavy (non-hydrogen) atoms. The van der Waals surface area contributed by atoms with E-state index in [4.69, 9.17) is 23.8 Å². The Morgan fingerprint density at radius 1 is 1.36 bits per heavy atom. The number of aliphatic carboxylic acids is 1. The van der Waals surface area contributed by atoms with Crippen LogP contribution in [0.2, 0.25) is 0 Å². The standard InChI is InChI=1S/C14H19N3O13P2S/c1-28-10-8(30-31(24)33)9(29-12(10)17-3-2-6(18)16-14(17)23)11(20)15-5(13(21)22)4-7(19)32(25,26)27/h2-3,5,8-10,12,31H,4H2,1H3,(H,15,20)(H,21,22)(H,24,33)(H,16,18,23)(H2,25,26,27)/t5-,8?,9+,10?,12-/m1/s1. The second-order valence-corrected chi connectivity index (χ2v) is 9.96. The summed E-state index contributed by atoms with van der Waals surface area (Å²) in [4.78, 5) is 88.5. The smallest absolute Gasteiger partial charge is 0.391 e. The maximum atomic E-state index is 12.8. The van der Waals surface area contributed by atoms with Gasteiger partial charge in [0, 0.05) is 25.8 Å². The zero-order valence-electron chi connectivity index (χ0n) is 16.5. The van der Waals surface area contributed by atoms with E-state index in [-0.39, 0.29) is 0 Å². The second kappa shape index (κ2) is 10.9. The summed E-state index contributed by atoms with van der Waals surface area (Å²) in [7, 11) is -7.01. The van der Waals surface area contributed by atoms with Crippen molar-refractivity contribution >= 4 is 44.0 Å². The Kier molecular flexibility index (Phi) is 8.98. The van der Waals surface area contributed by atoms with Crippen molar-refractivity contribution in [3.8, 4) is 0 Å². The van der Waals surface area contributed by atoms with Gasteiger partial charge in [0.1, 0.15) is 18.2 Å². The molecule has 6 N–H and O–H groups in total. The lowest BCUT2D eigenvalue weighted by atomic mass is 10.1. The van der Waals surface area contributed by atoms with Crippen LogP contribution < -0.4 is 16.6 Å². The van der Waals surface area contributed by atoms with Crippen molar-refractivity contribution in [2.45, 2.75) is 37.0 Å². The zero-order valence-corrected chi connectivity index (χ0v) is 19.2. The molecule has 0 spiro atoms. The van der Waals surface area contributed by atoms with Gasteiger partial charge >= 0.3 is 19.3 Å². The Balaban J connectivity index is 2.37. The number of amides is 1. The van der Waals surface area contributed by atoms with Crippen molar-refractivity contribution < 1.29 is 52.7 Å². The van der Waals surface area contributed by atoms with E-state index in [1.807, 2.05) is 10.3 Å². The second-order valence-electron chi connectivity index (χ2n) is 6.55. The van der Waals surface area contributed by atoms with Crippen LogP contribution >= 0.6 is 14.7 Å². The van der Waals surface area contributed by atoms with Crippen LogP contribution in [0.1, 0.15) is 12.6 Å². The Bertz CT molecular complexity index is 1110. The third-order valence-corrected chi connectivity index (χ3v) is 6.00. The minimum absolute atomic E-state index is 0.726.